The number of hydrogen-bond donors (Lipinski definition) is 1. The molecule has 3 nitrogen and oxygen atoms in total. The van der Waals surface area contributed by atoms with E-state index in [1.54, 1.807) is 13.8 Å². The number of aromatic nitrogens is 1. The van der Waals surface area contributed by atoms with Crippen LogP contribution in [0.5, 0.6) is 0 Å². The quantitative estimate of drug-likeness (QED) is 0.640. The molecule has 1 aromatic rings. The molecular formula is C9H13NO2. The van der Waals surface area contributed by atoms with Crippen LogP contribution in [0, 0.1) is 13.8 Å². The van der Waals surface area contributed by atoms with E-state index in [0.29, 0.717) is 23.4 Å². The summed E-state index contributed by atoms with van der Waals surface area (Å²) < 4.78 is 1.06. The molecule has 0 radical (unpaired) electrons. The van der Waals surface area contributed by atoms with Crippen molar-refractivity contribution in [1.29, 1.82) is 0 Å². The van der Waals surface area contributed by atoms with Crippen molar-refractivity contribution in [2.24, 2.45) is 0 Å². The Morgan fingerprint density at radius 2 is 2.08 bits per heavy atom. The Morgan fingerprint density at radius 1 is 1.50 bits per heavy atom. The topological polar surface area (TPSA) is 42.2 Å². The maximum atomic E-state index is 11.3. The summed E-state index contributed by atoms with van der Waals surface area (Å²) in [7, 11) is 0. The summed E-state index contributed by atoms with van der Waals surface area (Å²) in [6.45, 7) is 5.35. The first-order valence-corrected chi connectivity index (χ1v) is 3.99. The lowest BCUT2D eigenvalue weighted by atomic mass is 10.1. The maximum absolute atomic E-state index is 11.3. The zero-order valence-electron chi connectivity index (χ0n) is 7.59. The van der Waals surface area contributed by atoms with Gasteiger partial charge in [-0.2, -0.15) is 4.73 Å². The second-order valence-corrected chi connectivity index (χ2v) is 2.88. The fourth-order valence-electron chi connectivity index (χ4n) is 1.34. The first-order valence-electron chi connectivity index (χ1n) is 3.99. The third-order valence-electron chi connectivity index (χ3n) is 2.08. The number of pyridine rings is 1. The smallest absolute Gasteiger partial charge is 0.185 e. The van der Waals surface area contributed by atoms with Crippen molar-refractivity contribution in [3.63, 3.8) is 0 Å². The van der Waals surface area contributed by atoms with Crippen LogP contribution in [0.4, 0.5) is 0 Å². The summed E-state index contributed by atoms with van der Waals surface area (Å²) in [6.07, 6.45) is 0.658. The molecule has 0 aliphatic carbocycles. The van der Waals surface area contributed by atoms with E-state index in [0.717, 1.165) is 4.73 Å². The first kappa shape index (κ1) is 8.84. The van der Waals surface area contributed by atoms with Gasteiger partial charge in [0.15, 0.2) is 5.43 Å². The summed E-state index contributed by atoms with van der Waals surface area (Å²) in [5.41, 5.74) is 1.91. The Labute approximate surface area is 71.2 Å². The van der Waals surface area contributed by atoms with Gasteiger partial charge in [-0.3, -0.25) is 4.79 Å². The number of aryl methyl sites for hydroxylation is 1. The Kier molecular flexibility index (Phi) is 2.22. The molecule has 0 spiro atoms. The van der Waals surface area contributed by atoms with Gasteiger partial charge in [0, 0.05) is 11.6 Å². The minimum absolute atomic E-state index is 0.0119. The van der Waals surface area contributed by atoms with Crippen molar-refractivity contribution in [3.8, 4) is 0 Å². The molecule has 0 bridgehead atoms. The van der Waals surface area contributed by atoms with Gasteiger partial charge in [-0.1, -0.05) is 6.92 Å². The van der Waals surface area contributed by atoms with Crippen LogP contribution in [-0.4, -0.2) is 9.94 Å². The van der Waals surface area contributed by atoms with Gasteiger partial charge in [-0.25, -0.2) is 0 Å². The fourth-order valence-corrected chi connectivity index (χ4v) is 1.34. The Morgan fingerprint density at radius 3 is 2.58 bits per heavy atom. The lowest BCUT2D eigenvalue weighted by Gasteiger charge is -2.09. The van der Waals surface area contributed by atoms with Crippen LogP contribution in [0.25, 0.3) is 0 Å². The number of hydrogen-bond acceptors (Lipinski definition) is 2. The molecule has 0 fully saturated rings. The van der Waals surface area contributed by atoms with Gasteiger partial charge in [-0.15, -0.1) is 0 Å². The molecule has 0 aliphatic heterocycles. The molecule has 0 aliphatic rings. The van der Waals surface area contributed by atoms with E-state index in [9.17, 15) is 10.0 Å². The second-order valence-electron chi connectivity index (χ2n) is 2.88. The molecule has 1 N–H and O–H groups in total. The fraction of sp³-hybridized carbons (Fsp3) is 0.444. The predicted octanol–water partition coefficient (Wildman–Crippen LogP) is 1.26. The number of nitrogens with zero attached hydrogens (tertiary/aromatic N) is 1. The molecule has 0 saturated heterocycles. The lowest BCUT2D eigenvalue weighted by Crippen LogP contribution is -2.17. The van der Waals surface area contributed by atoms with Crippen LogP contribution in [0.15, 0.2) is 10.9 Å². The van der Waals surface area contributed by atoms with Gasteiger partial charge in [0.2, 0.25) is 0 Å². The van der Waals surface area contributed by atoms with Crippen molar-refractivity contribution in [2.75, 3.05) is 0 Å². The Bertz CT molecular complexity index is 352. The molecule has 12 heavy (non-hydrogen) atoms. The summed E-state index contributed by atoms with van der Waals surface area (Å²) >= 11 is 0. The van der Waals surface area contributed by atoms with Gasteiger partial charge in [-0.05, 0) is 20.3 Å². The van der Waals surface area contributed by atoms with Crippen molar-refractivity contribution in [2.45, 2.75) is 27.2 Å². The molecule has 0 amide bonds. The zero-order chi connectivity index (χ0) is 9.30. The molecule has 0 atom stereocenters. The van der Waals surface area contributed by atoms with Crippen molar-refractivity contribution in [1.82, 2.24) is 4.73 Å². The van der Waals surface area contributed by atoms with Crippen LogP contribution in [0.1, 0.15) is 23.9 Å². The summed E-state index contributed by atoms with van der Waals surface area (Å²) in [4.78, 5) is 11.3. The minimum Gasteiger partial charge on any atom is -0.428 e. The molecule has 1 rings (SSSR count). The van der Waals surface area contributed by atoms with Crippen LogP contribution in [0.3, 0.4) is 0 Å². The zero-order valence-corrected chi connectivity index (χ0v) is 7.59. The van der Waals surface area contributed by atoms with E-state index < -0.39 is 0 Å². The van der Waals surface area contributed by atoms with Gasteiger partial charge in [0.25, 0.3) is 0 Å². The highest BCUT2D eigenvalue weighted by Gasteiger charge is 2.06. The minimum atomic E-state index is 0.0119. The van der Waals surface area contributed by atoms with Crippen molar-refractivity contribution >= 4 is 0 Å². The van der Waals surface area contributed by atoms with E-state index in [4.69, 9.17) is 0 Å². The highest BCUT2D eigenvalue weighted by atomic mass is 16.5. The third-order valence-corrected chi connectivity index (χ3v) is 2.08. The van der Waals surface area contributed by atoms with Crippen LogP contribution in [0.2, 0.25) is 0 Å². The molecule has 66 valence electrons. The average Bonchev–Trinajstić information content (AvgIpc) is 2.01. The standard InChI is InChI=1S/C9H13NO2/c1-4-8-7(3)10(12)6(2)5-9(8)11/h5,12H,4H2,1-3H3. The van der Waals surface area contributed by atoms with Gasteiger partial charge < -0.3 is 5.21 Å². The van der Waals surface area contributed by atoms with E-state index in [1.165, 1.54) is 6.07 Å². The molecule has 0 saturated carbocycles. The largest absolute Gasteiger partial charge is 0.428 e. The summed E-state index contributed by atoms with van der Waals surface area (Å²) in [5.74, 6) is 0. The summed E-state index contributed by atoms with van der Waals surface area (Å²) in [6, 6.07) is 1.45. The van der Waals surface area contributed by atoms with Gasteiger partial charge >= 0.3 is 0 Å². The van der Waals surface area contributed by atoms with Crippen molar-refractivity contribution < 1.29 is 5.21 Å². The third kappa shape index (κ3) is 1.22. The molecular weight excluding hydrogens is 154 g/mol. The molecule has 0 unspecified atom stereocenters. The highest BCUT2D eigenvalue weighted by Crippen LogP contribution is 2.04. The normalized spacial score (nSPS) is 10.2. The maximum Gasteiger partial charge on any atom is 0.185 e. The van der Waals surface area contributed by atoms with Crippen molar-refractivity contribution in [3.05, 3.63) is 33.2 Å². The van der Waals surface area contributed by atoms with Crippen LogP contribution >= 0.6 is 0 Å². The average molecular weight is 167 g/mol. The predicted molar refractivity (Wildman–Crippen MR) is 46.7 cm³/mol. The Balaban J connectivity index is 3.52. The second kappa shape index (κ2) is 3.01. The molecule has 1 heterocycles. The number of rotatable bonds is 1. The van der Waals surface area contributed by atoms with Gasteiger partial charge in [0.05, 0.1) is 11.4 Å². The molecule has 1 aromatic heterocycles. The first-order chi connectivity index (χ1) is 5.57. The van der Waals surface area contributed by atoms with Crippen LogP contribution < -0.4 is 5.43 Å². The van der Waals surface area contributed by atoms with Crippen LogP contribution in [-0.2, 0) is 6.42 Å². The lowest BCUT2D eigenvalue weighted by molar-refractivity contribution is 0.170. The Hall–Kier alpha value is -1.25. The molecule has 3 heteroatoms. The van der Waals surface area contributed by atoms with E-state index >= 15 is 0 Å². The SMILES string of the molecule is CCc1c(C)n(O)c(C)cc1=O. The molecule has 0 aromatic carbocycles. The van der Waals surface area contributed by atoms with Gasteiger partial charge in [0.1, 0.15) is 0 Å². The van der Waals surface area contributed by atoms with E-state index in [-0.39, 0.29) is 5.43 Å². The van der Waals surface area contributed by atoms with E-state index in [1.807, 2.05) is 6.92 Å². The highest BCUT2D eigenvalue weighted by molar-refractivity contribution is 5.22. The van der Waals surface area contributed by atoms with E-state index in [2.05, 4.69) is 0 Å². The monoisotopic (exact) mass is 167 g/mol. The summed E-state index contributed by atoms with van der Waals surface area (Å²) in [5, 5.41) is 9.42.